The first-order valence-electron chi connectivity index (χ1n) is 10.4. The average Bonchev–Trinajstić information content (AvgIpc) is 3.26. The first kappa shape index (κ1) is 17.5. The molecule has 0 aromatic heterocycles. The highest BCUT2D eigenvalue weighted by molar-refractivity contribution is 6.01. The largest absolute Gasteiger partial charge is 0.468 e. The van der Waals surface area contributed by atoms with Crippen LogP contribution in [0.2, 0.25) is 0 Å². The van der Waals surface area contributed by atoms with Gasteiger partial charge in [0.2, 0.25) is 0 Å². The molecule has 1 aliphatic carbocycles. The van der Waals surface area contributed by atoms with Gasteiger partial charge in [0.25, 0.3) is 0 Å². The first-order valence-corrected chi connectivity index (χ1v) is 10.4. The minimum atomic E-state index is -0.0445. The van der Waals surface area contributed by atoms with Crippen molar-refractivity contribution in [3.63, 3.8) is 0 Å². The van der Waals surface area contributed by atoms with Gasteiger partial charge in [-0.2, -0.15) is 5.10 Å². The Morgan fingerprint density at radius 2 is 1.82 bits per heavy atom. The van der Waals surface area contributed by atoms with Crippen molar-refractivity contribution >= 4 is 5.71 Å². The maximum absolute atomic E-state index is 6.50. The lowest BCUT2D eigenvalue weighted by atomic mass is 9.77. The van der Waals surface area contributed by atoms with Crippen LogP contribution in [0.5, 0.6) is 5.75 Å². The molecule has 0 unspecified atom stereocenters. The molecule has 0 saturated heterocycles. The second kappa shape index (κ2) is 6.51. The molecule has 144 valence electrons. The van der Waals surface area contributed by atoms with E-state index in [1.807, 2.05) is 0 Å². The Hall–Kier alpha value is -2.55. The number of benzene rings is 2. The standard InChI is InChI=1S/C25H28N2O/c1-17-13-14-19(25(17,2)3)15-24-27-22(20-11-7-8-12-23(20)28-24)16-21(26-27)18-9-5-4-6-10-18/h4-12,14,17,22,24H,13,15-16H2,1-3H3/t17-,22+,24+/m1/s1. The first-order chi connectivity index (χ1) is 13.5. The van der Waals surface area contributed by atoms with Gasteiger partial charge in [-0.25, -0.2) is 5.01 Å². The topological polar surface area (TPSA) is 24.8 Å². The van der Waals surface area contributed by atoms with Gasteiger partial charge < -0.3 is 4.74 Å². The predicted molar refractivity (Wildman–Crippen MR) is 113 cm³/mol. The Morgan fingerprint density at radius 1 is 1.07 bits per heavy atom. The third-order valence-electron chi connectivity index (χ3n) is 7.06. The maximum Gasteiger partial charge on any atom is 0.191 e. The molecule has 0 amide bonds. The fraction of sp³-hybridized carbons (Fsp3) is 0.400. The Morgan fingerprint density at radius 3 is 2.57 bits per heavy atom. The molecule has 2 aromatic carbocycles. The predicted octanol–water partition coefficient (Wildman–Crippen LogP) is 5.94. The summed E-state index contributed by atoms with van der Waals surface area (Å²) >= 11 is 0. The molecule has 3 aliphatic rings. The van der Waals surface area contributed by atoms with Gasteiger partial charge in [-0.15, -0.1) is 0 Å². The van der Waals surface area contributed by atoms with Crippen molar-refractivity contribution in [3.8, 4) is 5.75 Å². The van der Waals surface area contributed by atoms with E-state index in [0.717, 1.165) is 30.7 Å². The van der Waals surface area contributed by atoms with Gasteiger partial charge >= 0.3 is 0 Å². The number of hydrazone groups is 1. The van der Waals surface area contributed by atoms with Crippen LogP contribution in [-0.2, 0) is 0 Å². The summed E-state index contributed by atoms with van der Waals surface area (Å²) in [4.78, 5) is 0. The molecule has 0 radical (unpaired) electrons. The van der Waals surface area contributed by atoms with Gasteiger partial charge in [-0.05, 0) is 29.4 Å². The summed E-state index contributed by atoms with van der Waals surface area (Å²) in [6.07, 6.45) is 5.39. The lowest BCUT2D eigenvalue weighted by Crippen LogP contribution is -2.41. The van der Waals surface area contributed by atoms with Crippen LogP contribution in [0.3, 0.4) is 0 Å². The van der Waals surface area contributed by atoms with E-state index in [1.54, 1.807) is 0 Å². The summed E-state index contributed by atoms with van der Waals surface area (Å²) in [7, 11) is 0. The zero-order valence-corrected chi connectivity index (χ0v) is 16.9. The molecule has 0 N–H and O–H groups in total. The van der Waals surface area contributed by atoms with Gasteiger partial charge in [0, 0.05) is 18.4 Å². The number of para-hydroxylation sites is 1. The third kappa shape index (κ3) is 2.76. The quantitative estimate of drug-likeness (QED) is 0.623. The maximum atomic E-state index is 6.50. The van der Waals surface area contributed by atoms with Gasteiger partial charge in [-0.3, -0.25) is 0 Å². The van der Waals surface area contributed by atoms with E-state index in [0.29, 0.717) is 5.92 Å². The fourth-order valence-corrected chi connectivity index (χ4v) is 4.78. The lowest BCUT2D eigenvalue weighted by Gasteiger charge is -2.40. The van der Waals surface area contributed by atoms with Crippen LogP contribution in [-0.4, -0.2) is 16.9 Å². The molecule has 0 saturated carbocycles. The molecule has 0 spiro atoms. The van der Waals surface area contributed by atoms with Crippen LogP contribution >= 0.6 is 0 Å². The zero-order chi connectivity index (χ0) is 19.3. The Labute approximate surface area is 167 Å². The summed E-state index contributed by atoms with van der Waals surface area (Å²) in [5.74, 6) is 1.69. The number of ether oxygens (including phenoxy) is 1. The number of fused-ring (bicyclic) bond motifs is 3. The van der Waals surface area contributed by atoms with Crippen LogP contribution in [0.1, 0.15) is 57.2 Å². The number of rotatable bonds is 3. The average molecular weight is 373 g/mol. The summed E-state index contributed by atoms with van der Waals surface area (Å²) in [6.45, 7) is 7.09. The van der Waals surface area contributed by atoms with Gasteiger partial charge in [0.05, 0.1) is 11.8 Å². The van der Waals surface area contributed by atoms with Crippen molar-refractivity contribution in [2.75, 3.05) is 0 Å². The van der Waals surface area contributed by atoms with E-state index in [4.69, 9.17) is 9.84 Å². The van der Waals surface area contributed by atoms with E-state index in [-0.39, 0.29) is 17.7 Å². The second-order valence-corrected chi connectivity index (χ2v) is 8.91. The Kier molecular flexibility index (Phi) is 4.08. The summed E-state index contributed by atoms with van der Waals surface area (Å²) in [5, 5.41) is 7.29. The molecule has 28 heavy (non-hydrogen) atoms. The van der Waals surface area contributed by atoms with Gasteiger partial charge in [0.1, 0.15) is 5.75 Å². The van der Waals surface area contributed by atoms with E-state index in [1.165, 1.54) is 16.7 Å². The molecule has 2 aromatic rings. The van der Waals surface area contributed by atoms with Crippen molar-refractivity contribution in [1.82, 2.24) is 5.01 Å². The van der Waals surface area contributed by atoms with E-state index >= 15 is 0 Å². The molecular formula is C25H28N2O. The molecule has 0 bridgehead atoms. The Bertz CT molecular complexity index is 944. The van der Waals surface area contributed by atoms with Crippen molar-refractivity contribution in [2.24, 2.45) is 16.4 Å². The molecule has 0 fully saturated rings. The van der Waals surface area contributed by atoms with E-state index in [9.17, 15) is 0 Å². The number of hydrogen-bond acceptors (Lipinski definition) is 3. The van der Waals surface area contributed by atoms with E-state index in [2.05, 4.69) is 86.5 Å². The molecule has 3 nitrogen and oxygen atoms in total. The van der Waals surface area contributed by atoms with Crippen molar-refractivity contribution in [2.45, 2.75) is 52.3 Å². The highest BCUT2D eigenvalue weighted by Gasteiger charge is 2.43. The smallest absolute Gasteiger partial charge is 0.191 e. The van der Waals surface area contributed by atoms with Crippen LogP contribution in [0.25, 0.3) is 0 Å². The minimum Gasteiger partial charge on any atom is -0.468 e. The van der Waals surface area contributed by atoms with Crippen molar-refractivity contribution < 1.29 is 4.74 Å². The second-order valence-electron chi connectivity index (χ2n) is 8.91. The Balaban J connectivity index is 1.50. The van der Waals surface area contributed by atoms with Crippen LogP contribution in [0, 0.1) is 11.3 Å². The SMILES string of the molecule is C[C@@H]1CC=C(C[C@@H]2Oc3ccccc3[C@@H]3CC(c4ccccc4)=NN23)C1(C)C. The molecule has 3 atom stereocenters. The third-order valence-corrected chi connectivity index (χ3v) is 7.06. The van der Waals surface area contributed by atoms with Crippen molar-refractivity contribution in [3.05, 3.63) is 77.4 Å². The normalized spacial score (nSPS) is 27.5. The summed E-state index contributed by atoms with van der Waals surface area (Å²) < 4.78 is 6.50. The summed E-state index contributed by atoms with van der Waals surface area (Å²) in [5.41, 5.74) is 5.35. The molecule has 2 aliphatic heterocycles. The lowest BCUT2D eigenvalue weighted by molar-refractivity contribution is -0.0188. The van der Waals surface area contributed by atoms with Gasteiger partial charge in [-0.1, -0.05) is 81.0 Å². The molecule has 5 rings (SSSR count). The van der Waals surface area contributed by atoms with Crippen molar-refractivity contribution in [1.29, 1.82) is 0 Å². The van der Waals surface area contributed by atoms with E-state index < -0.39 is 0 Å². The molecule has 3 heteroatoms. The van der Waals surface area contributed by atoms with Crippen LogP contribution in [0.15, 0.2) is 71.3 Å². The fourth-order valence-electron chi connectivity index (χ4n) is 4.78. The molecular weight excluding hydrogens is 344 g/mol. The van der Waals surface area contributed by atoms with Crippen LogP contribution in [0.4, 0.5) is 0 Å². The monoisotopic (exact) mass is 372 g/mol. The highest BCUT2D eigenvalue weighted by atomic mass is 16.5. The van der Waals surface area contributed by atoms with Crippen LogP contribution < -0.4 is 4.74 Å². The number of allylic oxidation sites excluding steroid dienone is 1. The molecule has 2 heterocycles. The minimum absolute atomic E-state index is 0.0445. The van der Waals surface area contributed by atoms with Gasteiger partial charge in [0.15, 0.2) is 6.23 Å². The summed E-state index contributed by atoms with van der Waals surface area (Å²) in [6, 6.07) is 19.3. The zero-order valence-electron chi connectivity index (χ0n) is 16.9. The number of hydrogen-bond donors (Lipinski definition) is 0. The number of nitrogens with zero attached hydrogens (tertiary/aromatic N) is 2. The highest BCUT2D eigenvalue weighted by Crippen LogP contribution is 2.48.